The fourth-order valence-corrected chi connectivity index (χ4v) is 3.75. The van der Waals surface area contributed by atoms with Gasteiger partial charge in [0.2, 0.25) is 17.5 Å². The molecule has 2 aliphatic heterocycles. The zero-order valence-electron chi connectivity index (χ0n) is 13.8. The first-order valence-electron chi connectivity index (χ1n) is 8.92. The van der Waals surface area contributed by atoms with Crippen molar-refractivity contribution < 1.29 is 9.59 Å². The molecule has 6 nitrogen and oxygen atoms in total. The molecule has 4 rings (SSSR count). The van der Waals surface area contributed by atoms with Crippen LogP contribution in [0.2, 0.25) is 0 Å². The number of fused-ring (bicyclic) bond motifs is 1. The zero-order chi connectivity index (χ0) is 16.5. The Morgan fingerprint density at radius 2 is 1.46 bits per heavy atom. The molecule has 126 valence electrons. The van der Waals surface area contributed by atoms with Crippen LogP contribution in [0.25, 0.3) is 5.70 Å². The lowest BCUT2D eigenvalue weighted by atomic mass is 9.96. The van der Waals surface area contributed by atoms with E-state index in [4.69, 9.17) is 4.98 Å². The number of carbonyl (C=O) groups excluding carboxylic acids is 2. The number of Topliss-reactive ketones (excluding diaryl/α,β-unsaturated/α-hetero) is 1. The molecule has 0 aromatic carbocycles. The highest BCUT2D eigenvalue weighted by atomic mass is 16.2. The van der Waals surface area contributed by atoms with Crippen LogP contribution in [0.3, 0.4) is 0 Å². The summed E-state index contributed by atoms with van der Waals surface area (Å²) in [6.45, 7) is 3.73. The van der Waals surface area contributed by atoms with Gasteiger partial charge < -0.3 is 9.80 Å². The van der Waals surface area contributed by atoms with Crippen molar-refractivity contribution >= 4 is 23.2 Å². The molecule has 0 saturated carbocycles. The largest absolute Gasteiger partial charge is 0.370 e. The first-order chi connectivity index (χ1) is 11.7. The van der Waals surface area contributed by atoms with Crippen LogP contribution in [-0.2, 0) is 4.79 Å². The van der Waals surface area contributed by atoms with E-state index < -0.39 is 11.6 Å². The van der Waals surface area contributed by atoms with Gasteiger partial charge in [-0.15, -0.1) is 0 Å². The number of allylic oxidation sites excluding steroid dienone is 1. The highest BCUT2D eigenvalue weighted by molar-refractivity contribution is 6.50. The molecule has 1 aromatic heterocycles. The molecule has 3 heterocycles. The van der Waals surface area contributed by atoms with Crippen molar-refractivity contribution in [1.29, 1.82) is 0 Å². The lowest BCUT2D eigenvalue weighted by Gasteiger charge is -2.33. The molecule has 6 heteroatoms. The molecular formula is C18H22N4O2. The fraction of sp³-hybridized carbons (Fsp3) is 0.556. The van der Waals surface area contributed by atoms with Gasteiger partial charge in [0.1, 0.15) is 5.69 Å². The molecule has 0 amide bonds. The van der Waals surface area contributed by atoms with Gasteiger partial charge in [-0.2, -0.15) is 0 Å². The van der Waals surface area contributed by atoms with Gasteiger partial charge in [-0.1, -0.05) is 0 Å². The Morgan fingerprint density at radius 3 is 2.12 bits per heavy atom. The van der Waals surface area contributed by atoms with Gasteiger partial charge in [-0.3, -0.25) is 9.59 Å². The van der Waals surface area contributed by atoms with Gasteiger partial charge in [0, 0.05) is 38.5 Å². The number of anilines is 1. The first kappa shape index (κ1) is 15.3. The molecule has 2 fully saturated rings. The molecule has 3 aliphatic rings. The summed E-state index contributed by atoms with van der Waals surface area (Å²) < 4.78 is 0. The lowest BCUT2D eigenvalue weighted by molar-refractivity contribution is -0.111. The number of ketones is 2. The van der Waals surface area contributed by atoms with Gasteiger partial charge in [-0.25, -0.2) is 9.97 Å². The van der Waals surface area contributed by atoms with Crippen LogP contribution in [-0.4, -0.2) is 52.6 Å². The fourth-order valence-electron chi connectivity index (χ4n) is 3.75. The Bertz CT molecular complexity index is 701. The summed E-state index contributed by atoms with van der Waals surface area (Å²) in [5.41, 5.74) is 1.79. The molecule has 0 atom stereocenters. The number of rotatable bonds is 2. The van der Waals surface area contributed by atoms with Gasteiger partial charge in [0.25, 0.3) is 0 Å². The maximum atomic E-state index is 12.2. The Labute approximate surface area is 141 Å². The summed E-state index contributed by atoms with van der Waals surface area (Å²) in [5, 5.41) is 0. The summed E-state index contributed by atoms with van der Waals surface area (Å²) >= 11 is 0. The predicted molar refractivity (Wildman–Crippen MR) is 90.8 cm³/mol. The summed E-state index contributed by atoms with van der Waals surface area (Å²) in [5.74, 6) is -0.271. The van der Waals surface area contributed by atoms with E-state index in [9.17, 15) is 9.59 Å². The second-order valence-corrected chi connectivity index (χ2v) is 6.75. The molecule has 0 spiro atoms. The van der Waals surface area contributed by atoms with Crippen molar-refractivity contribution in [1.82, 2.24) is 14.9 Å². The molecule has 1 aromatic rings. The van der Waals surface area contributed by atoms with E-state index in [0.29, 0.717) is 17.2 Å². The van der Waals surface area contributed by atoms with Crippen LogP contribution in [0.5, 0.6) is 0 Å². The van der Waals surface area contributed by atoms with E-state index >= 15 is 0 Å². The average Bonchev–Trinajstić information content (AvgIpc) is 2.66. The maximum absolute atomic E-state index is 12.2. The summed E-state index contributed by atoms with van der Waals surface area (Å²) in [7, 11) is 0. The quantitative estimate of drug-likeness (QED) is 0.775. The van der Waals surface area contributed by atoms with Crippen LogP contribution in [0, 0.1) is 0 Å². The number of hydrogen-bond donors (Lipinski definition) is 0. The number of carbonyl (C=O) groups is 2. The first-order valence-corrected chi connectivity index (χ1v) is 8.92. The van der Waals surface area contributed by atoms with Gasteiger partial charge >= 0.3 is 0 Å². The second-order valence-electron chi connectivity index (χ2n) is 6.75. The predicted octanol–water partition coefficient (Wildman–Crippen LogP) is 2.06. The molecule has 0 bridgehead atoms. The van der Waals surface area contributed by atoms with E-state index in [-0.39, 0.29) is 0 Å². The Morgan fingerprint density at radius 1 is 0.833 bits per heavy atom. The van der Waals surface area contributed by atoms with E-state index in [1.165, 1.54) is 18.9 Å². The summed E-state index contributed by atoms with van der Waals surface area (Å²) in [4.78, 5) is 37.8. The summed E-state index contributed by atoms with van der Waals surface area (Å²) in [6.07, 6.45) is 9.99. The third-order valence-electron chi connectivity index (χ3n) is 5.09. The molecule has 2 saturated heterocycles. The van der Waals surface area contributed by atoms with Crippen LogP contribution >= 0.6 is 0 Å². The van der Waals surface area contributed by atoms with E-state index in [1.807, 2.05) is 0 Å². The third-order valence-corrected chi connectivity index (χ3v) is 5.09. The van der Waals surface area contributed by atoms with E-state index in [0.717, 1.165) is 57.6 Å². The number of aromatic nitrogens is 2. The minimum absolute atomic E-state index is 0.351. The number of hydrogen-bond acceptors (Lipinski definition) is 6. The number of nitrogens with zero attached hydrogens (tertiary/aromatic N) is 4. The maximum Gasteiger partial charge on any atom is 0.236 e. The van der Waals surface area contributed by atoms with Crippen molar-refractivity contribution in [2.24, 2.45) is 0 Å². The normalized spacial score (nSPS) is 21.6. The Hall–Kier alpha value is -2.24. The Kier molecular flexibility index (Phi) is 4.04. The van der Waals surface area contributed by atoms with Gasteiger partial charge in [0.15, 0.2) is 0 Å². The molecule has 0 radical (unpaired) electrons. The standard InChI is InChI=1S/C18H22N4O2/c23-15-11-14(21-7-3-1-4-8-21)16-13(17(15)24)12-19-18(20-16)22-9-5-2-6-10-22/h11-12H,1-10H2. The molecule has 24 heavy (non-hydrogen) atoms. The smallest absolute Gasteiger partial charge is 0.236 e. The van der Waals surface area contributed by atoms with Crippen molar-refractivity contribution in [3.8, 4) is 0 Å². The van der Waals surface area contributed by atoms with E-state index in [1.54, 1.807) is 6.20 Å². The highest BCUT2D eigenvalue weighted by Gasteiger charge is 2.31. The third kappa shape index (κ3) is 2.70. The second kappa shape index (κ2) is 6.34. The number of piperidine rings is 2. The minimum atomic E-state index is -0.490. The molecule has 1 aliphatic carbocycles. The van der Waals surface area contributed by atoms with Crippen LogP contribution in [0.1, 0.15) is 54.6 Å². The summed E-state index contributed by atoms with van der Waals surface area (Å²) in [6, 6.07) is 0. The minimum Gasteiger partial charge on any atom is -0.370 e. The lowest BCUT2D eigenvalue weighted by Crippen LogP contribution is -2.35. The van der Waals surface area contributed by atoms with Crippen LogP contribution in [0.4, 0.5) is 5.95 Å². The van der Waals surface area contributed by atoms with Crippen molar-refractivity contribution in [2.45, 2.75) is 38.5 Å². The Balaban J connectivity index is 1.73. The van der Waals surface area contributed by atoms with Crippen LogP contribution in [0.15, 0.2) is 12.3 Å². The number of likely N-dealkylation sites (tertiary alicyclic amines) is 1. The molecular weight excluding hydrogens is 304 g/mol. The monoisotopic (exact) mass is 326 g/mol. The van der Waals surface area contributed by atoms with Crippen molar-refractivity contribution in [2.75, 3.05) is 31.1 Å². The van der Waals surface area contributed by atoms with Gasteiger partial charge in [0.05, 0.1) is 11.3 Å². The van der Waals surface area contributed by atoms with Crippen molar-refractivity contribution in [3.05, 3.63) is 23.5 Å². The van der Waals surface area contributed by atoms with E-state index in [2.05, 4.69) is 14.8 Å². The SMILES string of the molecule is O=C1C=C(N2CCCCC2)c2nc(N3CCCCC3)ncc2C1=O. The van der Waals surface area contributed by atoms with Crippen molar-refractivity contribution in [3.63, 3.8) is 0 Å². The van der Waals surface area contributed by atoms with Crippen LogP contribution < -0.4 is 4.90 Å². The average molecular weight is 326 g/mol. The molecule has 0 N–H and O–H groups in total. The molecule has 0 unspecified atom stereocenters. The topological polar surface area (TPSA) is 66.4 Å². The highest BCUT2D eigenvalue weighted by Crippen LogP contribution is 2.30. The van der Waals surface area contributed by atoms with Gasteiger partial charge in [-0.05, 0) is 38.5 Å². The zero-order valence-corrected chi connectivity index (χ0v) is 13.8.